The zero-order valence-corrected chi connectivity index (χ0v) is 14.6. The fourth-order valence-electron chi connectivity index (χ4n) is 1.46. The van der Waals surface area contributed by atoms with Crippen molar-refractivity contribution in [2.45, 2.75) is 16.7 Å². The first-order valence-corrected chi connectivity index (χ1v) is 10.4. The Labute approximate surface area is 141 Å². The second-order valence-electron chi connectivity index (χ2n) is 4.24. The van der Waals surface area contributed by atoms with Gasteiger partial charge in [-0.2, -0.15) is 0 Å². The highest BCUT2D eigenvalue weighted by Gasteiger charge is 2.13. The first kappa shape index (κ1) is 19.8. The van der Waals surface area contributed by atoms with Crippen molar-refractivity contribution in [1.82, 2.24) is 0 Å². The maximum Gasteiger partial charge on any atom is 0.261 e. The molecule has 0 heterocycles. The fourth-order valence-corrected chi connectivity index (χ4v) is 3.44. The van der Waals surface area contributed by atoms with Crippen LogP contribution in [-0.2, 0) is 18.1 Å². The van der Waals surface area contributed by atoms with E-state index in [2.05, 4.69) is 0 Å². The van der Waals surface area contributed by atoms with E-state index in [1.54, 1.807) is 6.92 Å². The van der Waals surface area contributed by atoms with Crippen LogP contribution in [0.5, 0.6) is 0 Å². The number of aryl methyl sites for hydroxylation is 1. The van der Waals surface area contributed by atoms with E-state index in [4.69, 9.17) is 21.4 Å². The molecule has 4 nitrogen and oxygen atoms in total. The zero-order valence-electron chi connectivity index (χ0n) is 11.5. The summed E-state index contributed by atoms with van der Waals surface area (Å²) in [6.07, 6.45) is 0. The number of benzene rings is 2. The predicted molar refractivity (Wildman–Crippen MR) is 83.6 cm³/mol. The van der Waals surface area contributed by atoms with Gasteiger partial charge in [0.05, 0.1) is 9.79 Å². The third kappa shape index (κ3) is 6.42. The van der Waals surface area contributed by atoms with Gasteiger partial charge in [-0.25, -0.2) is 25.6 Å². The van der Waals surface area contributed by atoms with E-state index in [0.717, 1.165) is 18.2 Å². The minimum Gasteiger partial charge on any atom is -0.207 e. The lowest BCUT2D eigenvalue weighted by Crippen LogP contribution is -1.94. The normalized spacial score (nSPS) is 11.5. The van der Waals surface area contributed by atoms with Crippen molar-refractivity contribution in [3.63, 3.8) is 0 Å². The molecule has 2 aromatic rings. The Hall–Kier alpha value is -1.22. The second kappa shape index (κ2) is 7.57. The largest absolute Gasteiger partial charge is 0.261 e. The van der Waals surface area contributed by atoms with E-state index in [-0.39, 0.29) is 9.79 Å². The first-order valence-electron chi connectivity index (χ1n) is 5.82. The van der Waals surface area contributed by atoms with Crippen LogP contribution in [0.3, 0.4) is 0 Å². The van der Waals surface area contributed by atoms with Gasteiger partial charge in [-0.1, -0.05) is 12.1 Å². The van der Waals surface area contributed by atoms with Crippen LogP contribution in [0.1, 0.15) is 5.56 Å². The molecule has 0 bridgehead atoms. The van der Waals surface area contributed by atoms with Crippen LogP contribution in [0.15, 0.2) is 52.3 Å². The minimum atomic E-state index is -3.82. The van der Waals surface area contributed by atoms with E-state index in [1.165, 1.54) is 24.3 Å². The van der Waals surface area contributed by atoms with Gasteiger partial charge in [0.2, 0.25) is 0 Å². The molecule has 2 rings (SSSR count). The Morgan fingerprint density at radius 1 is 0.826 bits per heavy atom. The Kier molecular flexibility index (Phi) is 6.52. The van der Waals surface area contributed by atoms with Crippen molar-refractivity contribution in [2.75, 3.05) is 0 Å². The highest BCUT2D eigenvalue weighted by atomic mass is 35.7. The van der Waals surface area contributed by atoms with Gasteiger partial charge in [0.25, 0.3) is 18.1 Å². The van der Waals surface area contributed by atoms with Gasteiger partial charge >= 0.3 is 0 Å². The van der Waals surface area contributed by atoms with E-state index >= 15 is 0 Å². The van der Waals surface area contributed by atoms with Crippen LogP contribution in [0.25, 0.3) is 0 Å². The van der Waals surface area contributed by atoms with Gasteiger partial charge < -0.3 is 0 Å². The van der Waals surface area contributed by atoms with E-state index < -0.39 is 29.7 Å². The third-order valence-electron chi connectivity index (χ3n) is 2.49. The third-order valence-corrected chi connectivity index (χ3v) is 5.31. The van der Waals surface area contributed by atoms with Gasteiger partial charge in [-0.3, -0.25) is 0 Å². The lowest BCUT2D eigenvalue weighted by atomic mass is 10.2. The summed E-state index contributed by atoms with van der Waals surface area (Å²) in [7, 11) is 2.36. The Balaban J connectivity index is 0.000000231. The number of hydrogen-bond donors (Lipinski definition) is 0. The SMILES string of the molecule is Cc1ccc(F)cc1S(=O)(=O)Cl.O=S(=O)(Cl)c1cccc(F)c1. The van der Waals surface area contributed by atoms with Gasteiger partial charge in [0.15, 0.2) is 0 Å². The van der Waals surface area contributed by atoms with Crippen LogP contribution < -0.4 is 0 Å². The van der Waals surface area contributed by atoms with Crippen molar-refractivity contribution >= 4 is 39.5 Å². The Morgan fingerprint density at radius 3 is 1.78 bits per heavy atom. The molecule has 0 aliphatic carbocycles. The summed E-state index contributed by atoms with van der Waals surface area (Å²) < 4.78 is 67.7. The topological polar surface area (TPSA) is 68.3 Å². The molecule has 126 valence electrons. The average molecular weight is 403 g/mol. The molecule has 0 saturated carbocycles. The monoisotopic (exact) mass is 402 g/mol. The van der Waals surface area contributed by atoms with Gasteiger partial charge in [-0.05, 0) is 42.8 Å². The van der Waals surface area contributed by atoms with Crippen molar-refractivity contribution in [1.29, 1.82) is 0 Å². The molecule has 0 spiro atoms. The molecule has 0 aliphatic rings. The molecule has 0 saturated heterocycles. The van der Waals surface area contributed by atoms with Crippen LogP contribution in [0.2, 0.25) is 0 Å². The number of halogens is 4. The van der Waals surface area contributed by atoms with Crippen molar-refractivity contribution in [3.8, 4) is 0 Å². The molecule has 0 aliphatic heterocycles. The molecule has 0 radical (unpaired) electrons. The van der Waals surface area contributed by atoms with Crippen LogP contribution in [-0.4, -0.2) is 16.8 Å². The standard InChI is InChI=1S/C7H6ClFO2S.C6H4ClFO2S/c1-5-2-3-6(9)4-7(5)12(8,10)11;7-11(9,10)6-3-1-2-5(8)4-6/h2-4H,1H3;1-4H. The molecule has 23 heavy (non-hydrogen) atoms. The number of rotatable bonds is 2. The van der Waals surface area contributed by atoms with E-state index in [1.807, 2.05) is 0 Å². The quantitative estimate of drug-likeness (QED) is 0.716. The smallest absolute Gasteiger partial charge is 0.207 e. The Morgan fingerprint density at radius 2 is 1.39 bits per heavy atom. The molecule has 0 atom stereocenters. The lowest BCUT2D eigenvalue weighted by Gasteiger charge is -2.00. The van der Waals surface area contributed by atoms with E-state index in [0.29, 0.717) is 5.56 Å². The van der Waals surface area contributed by atoms with Crippen LogP contribution in [0, 0.1) is 18.6 Å². The molecule has 0 amide bonds. The highest BCUT2D eigenvalue weighted by molar-refractivity contribution is 8.14. The van der Waals surface area contributed by atoms with E-state index in [9.17, 15) is 25.6 Å². The molecule has 10 heteroatoms. The Bertz CT molecular complexity index is 913. The lowest BCUT2D eigenvalue weighted by molar-refractivity contribution is 0.601. The summed E-state index contributed by atoms with van der Waals surface area (Å²) in [5.74, 6) is -1.23. The summed E-state index contributed by atoms with van der Waals surface area (Å²) in [6, 6.07) is 7.97. The van der Waals surface area contributed by atoms with Crippen molar-refractivity contribution in [2.24, 2.45) is 0 Å². The minimum absolute atomic E-state index is 0.177. The molecule has 0 fully saturated rings. The molecule has 0 unspecified atom stereocenters. The van der Waals surface area contributed by atoms with Crippen molar-refractivity contribution in [3.05, 3.63) is 59.7 Å². The molecule has 2 aromatic carbocycles. The van der Waals surface area contributed by atoms with Gasteiger partial charge in [-0.15, -0.1) is 0 Å². The molecule has 0 N–H and O–H groups in total. The zero-order chi connectivity index (χ0) is 17.8. The number of hydrogen-bond acceptors (Lipinski definition) is 4. The van der Waals surface area contributed by atoms with Gasteiger partial charge in [0, 0.05) is 21.4 Å². The first-order chi connectivity index (χ1) is 10.4. The summed E-state index contributed by atoms with van der Waals surface area (Å²) in [5.41, 5.74) is 0.436. The van der Waals surface area contributed by atoms with Crippen LogP contribution >= 0.6 is 21.4 Å². The van der Waals surface area contributed by atoms with Crippen LogP contribution in [0.4, 0.5) is 8.78 Å². The molecule has 0 aromatic heterocycles. The average Bonchev–Trinajstić information content (AvgIpc) is 2.40. The summed E-state index contributed by atoms with van der Waals surface area (Å²) in [5, 5.41) is 0. The molecular formula is C13H10Cl2F2O4S2. The molecular weight excluding hydrogens is 393 g/mol. The maximum absolute atomic E-state index is 12.6. The summed E-state index contributed by atoms with van der Waals surface area (Å²) in [6.45, 7) is 1.55. The highest BCUT2D eigenvalue weighted by Crippen LogP contribution is 2.20. The van der Waals surface area contributed by atoms with Crippen molar-refractivity contribution < 1.29 is 25.6 Å². The fraction of sp³-hybridized carbons (Fsp3) is 0.0769. The predicted octanol–water partition coefficient (Wildman–Crippen LogP) is 3.81. The van der Waals surface area contributed by atoms with Gasteiger partial charge in [0.1, 0.15) is 11.6 Å². The maximum atomic E-state index is 12.6. The second-order valence-corrected chi connectivity index (χ2v) is 9.34. The summed E-state index contributed by atoms with van der Waals surface area (Å²) >= 11 is 0. The summed E-state index contributed by atoms with van der Waals surface area (Å²) in [4.78, 5) is -0.400.